The average molecular weight is 289 g/mol. The van der Waals surface area contributed by atoms with E-state index in [1.807, 2.05) is 6.92 Å². The van der Waals surface area contributed by atoms with Crippen molar-refractivity contribution >= 4 is 0 Å². The van der Waals surface area contributed by atoms with Crippen molar-refractivity contribution in [3.05, 3.63) is 29.8 Å². The Morgan fingerprint density at radius 3 is 2.57 bits per heavy atom. The van der Waals surface area contributed by atoms with Gasteiger partial charge in [0.2, 0.25) is 0 Å². The van der Waals surface area contributed by atoms with E-state index >= 15 is 0 Å². The summed E-state index contributed by atoms with van der Waals surface area (Å²) in [5, 5.41) is 9.69. The summed E-state index contributed by atoms with van der Waals surface area (Å²) in [6.45, 7) is 5.91. The van der Waals surface area contributed by atoms with Crippen LogP contribution in [0, 0.1) is 11.8 Å². The lowest BCUT2D eigenvalue weighted by Crippen LogP contribution is -2.36. The molecular weight excluding hydrogens is 262 g/mol. The second-order valence-electron chi connectivity index (χ2n) is 6.72. The van der Waals surface area contributed by atoms with Crippen molar-refractivity contribution in [2.75, 3.05) is 19.7 Å². The molecule has 0 bridgehead atoms. The van der Waals surface area contributed by atoms with Crippen molar-refractivity contribution in [1.82, 2.24) is 4.90 Å². The highest BCUT2D eigenvalue weighted by Crippen LogP contribution is 2.31. The lowest BCUT2D eigenvalue weighted by molar-refractivity contribution is 0.0692. The van der Waals surface area contributed by atoms with Crippen LogP contribution < -0.4 is 4.74 Å². The first-order chi connectivity index (χ1) is 10.2. The van der Waals surface area contributed by atoms with Crippen molar-refractivity contribution in [2.45, 2.75) is 45.3 Å². The smallest absolute Gasteiger partial charge is 0.123 e. The molecule has 3 nitrogen and oxygen atoms in total. The Morgan fingerprint density at radius 1 is 1.19 bits per heavy atom. The molecule has 0 amide bonds. The average Bonchev–Trinajstić information content (AvgIpc) is 3.31. The molecule has 116 valence electrons. The number of nitrogens with zero attached hydrogens (tertiary/aromatic N) is 1. The van der Waals surface area contributed by atoms with Crippen molar-refractivity contribution in [3.63, 3.8) is 0 Å². The third-order valence-corrected chi connectivity index (χ3v) is 4.85. The van der Waals surface area contributed by atoms with Crippen LogP contribution in [0.25, 0.3) is 0 Å². The maximum atomic E-state index is 9.69. The highest BCUT2D eigenvalue weighted by Gasteiger charge is 2.24. The molecule has 3 heteroatoms. The first-order valence-corrected chi connectivity index (χ1v) is 8.33. The van der Waals surface area contributed by atoms with Gasteiger partial charge in [0.25, 0.3) is 0 Å². The van der Waals surface area contributed by atoms with Crippen molar-refractivity contribution in [3.8, 4) is 5.75 Å². The Bertz CT molecular complexity index is 448. The molecule has 2 fully saturated rings. The number of aliphatic hydroxyl groups is 1. The quantitative estimate of drug-likeness (QED) is 0.873. The maximum Gasteiger partial charge on any atom is 0.123 e. The molecule has 1 aliphatic carbocycles. The highest BCUT2D eigenvalue weighted by molar-refractivity contribution is 5.33. The summed E-state index contributed by atoms with van der Waals surface area (Å²) < 4.78 is 6.00. The molecule has 1 atom stereocenters. The van der Waals surface area contributed by atoms with E-state index in [2.05, 4.69) is 29.2 Å². The number of hydrogen-bond donors (Lipinski definition) is 1. The van der Waals surface area contributed by atoms with E-state index < -0.39 is 0 Å². The summed E-state index contributed by atoms with van der Waals surface area (Å²) in [5.74, 6) is 2.32. The Hall–Kier alpha value is -1.06. The fourth-order valence-corrected chi connectivity index (χ4v) is 3.10. The molecular formula is C18H27NO2. The number of para-hydroxylation sites is 1. The number of rotatable bonds is 6. The zero-order valence-electron chi connectivity index (χ0n) is 13.0. The molecule has 1 saturated heterocycles. The van der Waals surface area contributed by atoms with Gasteiger partial charge >= 0.3 is 0 Å². The third-order valence-electron chi connectivity index (χ3n) is 4.85. The lowest BCUT2D eigenvalue weighted by Gasteiger charge is -2.33. The molecule has 0 radical (unpaired) electrons. The van der Waals surface area contributed by atoms with E-state index in [4.69, 9.17) is 4.74 Å². The van der Waals surface area contributed by atoms with Crippen LogP contribution >= 0.6 is 0 Å². The van der Waals surface area contributed by atoms with Crippen LogP contribution in [0.1, 0.15) is 38.2 Å². The largest absolute Gasteiger partial charge is 0.493 e. The van der Waals surface area contributed by atoms with Gasteiger partial charge in [0.15, 0.2) is 0 Å². The molecule has 1 aliphatic heterocycles. The van der Waals surface area contributed by atoms with Gasteiger partial charge in [-0.1, -0.05) is 18.2 Å². The van der Waals surface area contributed by atoms with Crippen molar-refractivity contribution in [2.24, 2.45) is 11.8 Å². The molecule has 1 saturated carbocycles. The van der Waals surface area contributed by atoms with Crippen LogP contribution in [0.5, 0.6) is 5.75 Å². The van der Waals surface area contributed by atoms with Crippen LogP contribution in [0.3, 0.4) is 0 Å². The maximum absolute atomic E-state index is 9.69. The predicted molar refractivity (Wildman–Crippen MR) is 84.3 cm³/mol. The molecule has 1 N–H and O–H groups in total. The Kier molecular flexibility index (Phi) is 4.81. The molecule has 2 aliphatic rings. The minimum Gasteiger partial charge on any atom is -0.493 e. The molecule has 3 rings (SSSR count). The summed E-state index contributed by atoms with van der Waals surface area (Å²) in [5.41, 5.74) is 1.30. The van der Waals surface area contributed by atoms with Crippen LogP contribution in [0.15, 0.2) is 24.3 Å². The Labute approximate surface area is 127 Å². The van der Waals surface area contributed by atoms with Gasteiger partial charge in [0, 0.05) is 12.1 Å². The summed E-state index contributed by atoms with van der Waals surface area (Å²) in [6, 6.07) is 8.44. The minimum atomic E-state index is -0.165. The number of aliphatic hydroxyl groups excluding tert-OH is 1. The zero-order valence-corrected chi connectivity index (χ0v) is 13.0. The number of ether oxygens (including phenoxy) is 1. The fraction of sp³-hybridized carbons (Fsp3) is 0.667. The molecule has 0 aromatic heterocycles. The normalized spacial score (nSPS) is 22.2. The monoisotopic (exact) mass is 289 g/mol. The molecule has 21 heavy (non-hydrogen) atoms. The van der Waals surface area contributed by atoms with Crippen LogP contribution in [-0.2, 0) is 6.54 Å². The van der Waals surface area contributed by atoms with Crippen LogP contribution in [0.4, 0.5) is 0 Å². The predicted octanol–water partition coefficient (Wildman–Crippen LogP) is 3.07. The SMILES string of the molecule is CC(O)C1CCN(Cc2ccccc2OCC2CC2)CC1. The summed E-state index contributed by atoms with van der Waals surface area (Å²) >= 11 is 0. The van der Waals surface area contributed by atoms with E-state index in [0.717, 1.165) is 50.8 Å². The summed E-state index contributed by atoms with van der Waals surface area (Å²) in [4.78, 5) is 2.48. The van der Waals surface area contributed by atoms with Gasteiger partial charge in [-0.25, -0.2) is 0 Å². The summed E-state index contributed by atoms with van der Waals surface area (Å²) in [6.07, 6.45) is 4.69. The second kappa shape index (κ2) is 6.80. The van der Waals surface area contributed by atoms with Gasteiger partial charge in [-0.05, 0) is 63.6 Å². The zero-order chi connectivity index (χ0) is 14.7. The number of likely N-dealkylation sites (tertiary alicyclic amines) is 1. The van der Waals surface area contributed by atoms with Gasteiger partial charge in [0.05, 0.1) is 12.7 Å². The first kappa shape index (κ1) is 14.9. The first-order valence-electron chi connectivity index (χ1n) is 8.33. The van der Waals surface area contributed by atoms with E-state index in [1.165, 1.54) is 18.4 Å². The summed E-state index contributed by atoms with van der Waals surface area (Å²) in [7, 11) is 0. The molecule has 1 heterocycles. The Morgan fingerprint density at radius 2 is 1.90 bits per heavy atom. The lowest BCUT2D eigenvalue weighted by atomic mass is 9.92. The standard InChI is InChI=1S/C18H27NO2/c1-14(20)16-8-10-19(11-9-16)12-17-4-2-3-5-18(17)21-13-15-6-7-15/h2-5,14-16,20H,6-13H2,1H3. The fourth-order valence-electron chi connectivity index (χ4n) is 3.10. The van der Waals surface area contributed by atoms with Gasteiger partial charge in [-0.3, -0.25) is 4.90 Å². The third kappa shape index (κ3) is 4.21. The Balaban J connectivity index is 1.54. The van der Waals surface area contributed by atoms with Crippen LogP contribution in [0.2, 0.25) is 0 Å². The van der Waals surface area contributed by atoms with Crippen LogP contribution in [-0.4, -0.2) is 35.8 Å². The molecule has 1 aromatic carbocycles. The van der Waals surface area contributed by atoms with Gasteiger partial charge in [0.1, 0.15) is 5.75 Å². The molecule has 0 spiro atoms. The van der Waals surface area contributed by atoms with E-state index in [9.17, 15) is 5.11 Å². The number of hydrogen-bond acceptors (Lipinski definition) is 3. The topological polar surface area (TPSA) is 32.7 Å². The minimum absolute atomic E-state index is 0.165. The number of benzene rings is 1. The van der Waals surface area contributed by atoms with Gasteiger partial charge in [-0.15, -0.1) is 0 Å². The van der Waals surface area contributed by atoms with E-state index in [-0.39, 0.29) is 6.10 Å². The molecule has 1 unspecified atom stereocenters. The van der Waals surface area contributed by atoms with E-state index in [0.29, 0.717) is 5.92 Å². The number of piperidine rings is 1. The van der Waals surface area contributed by atoms with Crippen molar-refractivity contribution < 1.29 is 9.84 Å². The molecule has 1 aromatic rings. The van der Waals surface area contributed by atoms with E-state index in [1.54, 1.807) is 0 Å². The second-order valence-corrected chi connectivity index (χ2v) is 6.72. The van der Waals surface area contributed by atoms with Crippen molar-refractivity contribution in [1.29, 1.82) is 0 Å². The van der Waals surface area contributed by atoms with Gasteiger partial charge in [-0.2, -0.15) is 0 Å². The van der Waals surface area contributed by atoms with Gasteiger partial charge < -0.3 is 9.84 Å². The highest BCUT2D eigenvalue weighted by atomic mass is 16.5.